The maximum absolute atomic E-state index is 12.8. The standard InChI is InChI=1S/C23H25N3O3S/c1-3-18-14-30-23(25-18)20(12-15-7-9-17(10-8-15)22(24)28)26-21(27)13-16-5-4-6-19(11-16)29-2/h4-11,14,20H,3,12-13H2,1-2H3,(H2,24,28)(H,26,27). The minimum Gasteiger partial charge on any atom is -0.497 e. The zero-order chi connectivity index (χ0) is 21.5. The van der Waals surface area contributed by atoms with Crippen molar-refractivity contribution in [1.29, 1.82) is 0 Å². The highest BCUT2D eigenvalue weighted by atomic mass is 32.1. The minimum atomic E-state index is -0.461. The molecule has 2 aromatic carbocycles. The highest BCUT2D eigenvalue weighted by Gasteiger charge is 2.19. The van der Waals surface area contributed by atoms with Gasteiger partial charge in [-0.05, 0) is 48.2 Å². The zero-order valence-electron chi connectivity index (χ0n) is 17.1. The first-order valence-corrected chi connectivity index (χ1v) is 10.6. The second-order valence-electron chi connectivity index (χ2n) is 6.94. The number of ether oxygens (including phenoxy) is 1. The Kier molecular flexibility index (Phi) is 7.19. The molecule has 3 rings (SSSR count). The summed E-state index contributed by atoms with van der Waals surface area (Å²) < 4.78 is 5.23. The van der Waals surface area contributed by atoms with Gasteiger partial charge in [0.15, 0.2) is 0 Å². The van der Waals surface area contributed by atoms with Gasteiger partial charge in [-0.25, -0.2) is 4.98 Å². The van der Waals surface area contributed by atoms with Crippen LogP contribution < -0.4 is 15.8 Å². The van der Waals surface area contributed by atoms with Gasteiger partial charge in [-0.15, -0.1) is 11.3 Å². The highest BCUT2D eigenvalue weighted by molar-refractivity contribution is 7.09. The molecule has 1 atom stereocenters. The third kappa shape index (κ3) is 5.67. The molecule has 0 saturated heterocycles. The lowest BCUT2D eigenvalue weighted by molar-refractivity contribution is -0.121. The summed E-state index contributed by atoms with van der Waals surface area (Å²) in [5.74, 6) is 0.173. The second kappa shape index (κ2) is 10.0. The molecule has 3 aromatic rings. The van der Waals surface area contributed by atoms with Crippen molar-refractivity contribution >= 4 is 23.2 Å². The molecule has 30 heavy (non-hydrogen) atoms. The number of carbonyl (C=O) groups excluding carboxylic acids is 2. The maximum atomic E-state index is 12.8. The molecule has 156 valence electrons. The van der Waals surface area contributed by atoms with Crippen LogP contribution in [-0.2, 0) is 24.1 Å². The molecule has 1 unspecified atom stereocenters. The van der Waals surface area contributed by atoms with E-state index in [2.05, 4.69) is 17.2 Å². The first kappa shape index (κ1) is 21.5. The minimum absolute atomic E-state index is 0.0877. The average Bonchev–Trinajstić information content (AvgIpc) is 3.23. The molecule has 1 aromatic heterocycles. The van der Waals surface area contributed by atoms with Crippen LogP contribution >= 0.6 is 11.3 Å². The number of aromatic nitrogens is 1. The number of amides is 2. The van der Waals surface area contributed by atoms with Crippen molar-refractivity contribution in [3.8, 4) is 5.75 Å². The van der Waals surface area contributed by atoms with Gasteiger partial charge in [0.05, 0.1) is 25.3 Å². The Morgan fingerprint density at radius 3 is 2.57 bits per heavy atom. The van der Waals surface area contributed by atoms with Crippen LogP contribution in [0.4, 0.5) is 0 Å². The van der Waals surface area contributed by atoms with E-state index in [0.29, 0.717) is 12.0 Å². The summed E-state index contributed by atoms with van der Waals surface area (Å²) in [5.41, 5.74) is 8.65. The molecule has 0 aliphatic rings. The molecule has 0 radical (unpaired) electrons. The predicted molar refractivity (Wildman–Crippen MR) is 118 cm³/mol. The Morgan fingerprint density at radius 1 is 1.17 bits per heavy atom. The summed E-state index contributed by atoms with van der Waals surface area (Å²) in [4.78, 5) is 28.7. The van der Waals surface area contributed by atoms with E-state index in [9.17, 15) is 9.59 Å². The Bertz CT molecular complexity index is 1010. The number of nitrogens with zero attached hydrogens (tertiary/aromatic N) is 1. The van der Waals surface area contributed by atoms with E-state index in [1.807, 2.05) is 41.8 Å². The van der Waals surface area contributed by atoms with E-state index < -0.39 is 5.91 Å². The lowest BCUT2D eigenvalue weighted by Crippen LogP contribution is -2.31. The number of nitrogens with one attached hydrogen (secondary N) is 1. The quantitative estimate of drug-likeness (QED) is 0.551. The molecule has 1 heterocycles. The van der Waals surface area contributed by atoms with Crippen LogP contribution in [-0.4, -0.2) is 23.9 Å². The molecular weight excluding hydrogens is 398 g/mol. The first-order chi connectivity index (χ1) is 14.5. The monoisotopic (exact) mass is 423 g/mol. The van der Waals surface area contributed by atoms with Gasteiger partial charge in [0.25, 0.3) is 0 Å². The topological polar surface area (TPSA) is 94.3 Å². The summed E-state index contributed by atoms with van der Waals surface area (Å²) >= 11 is 1.54. The van der Waals surface area contributed by atoms with Crippen molar-refractivity contribution in [2.24, 2.45) is 5.73 Å². The summed E-state index contributed by atoms with van der Waals surface area (Å²) in [6.07, 6.45) is 1.66. The summed E-state index contributed by atoms with van der Waals surface area (Å²) in [7, 11) is 1.60. The maximum Gasteiger partial charge on any atom is 0.248 e. The van der Waals surface area contributed by atoms with Crippen LogP contribution in [0.1, 0.15) is 45.2 Å². The Morgan fingerprint density at radius 2 is 1.93 bits per heavy atom. The number of primary amides is 1. The van der Waals surface area contributed by atoms with Crippen LogP contribution in [0, 0.1) is 0 Å². The molecular formula is C23H25N3O3S. The van der Waals surface area contributed by atoms with Gasteiger partial charge < -0.3 is 15.8 Å². The van der Waals surface area contributed by atoms with E-state index in [1.54, 1.807) is 30.6 Å². The van der Waals surface area contributed by atoms with Crippen molar-refractivity contribution < 1.29 is 14.3 Å². The van der Waals surface area contributed by atoms with Crippen LogP contribution in [0.25, 0.3) is 0 Å². The lowest BCUT2D eigenvalue weighted by atomic mass is 10.0. The Balaban J connectivity index is 1.76. The van der Waals surface area contributed by atoms with E-state index >= 15 is 0 Å². The van der Waals surface area contributed by atoms with Crippen LogP contribution in [0.2, 0.25) is 0 Å². The van der Waals surface area contributed by atoms with Gasteiger partial charge in [0.2, 0.25) is 11.8 Å². The zero-order valence-corrected chi connectivity index (χ0v) is 17.9. The van der Waals surface area contributed by atoms with Gasteiger partial charge in [0, 0.05) is 10.9 Å². The number of nitrogens with two attached hydrogens (primary N) is 1. The average molecular weight is 424 g/mol. The number of thiazole rings is 1. The van der Waals surface area contributed by atoms with Gasteiger partial charge in [-0.3, -0.25) is 9.59 Å². The fraction of sp³-hybridized carbons (Fsp3) is 0.261. The number of aryl methyl sites for hydroxylation is 1. The molecule has 0 aliphatic carbocycles. The van der Waals surface area contributed by atoms with E-state index in [0.717, 1.165) is 34.0 Å². The summed E-state index contributed by atoms with van der Waals surface area (Å²) in [6.45, 7) is 2.05. The normalized spacial score (nSPS) is 11.7. The molecule has 2 amide bonds. The molecule has 0 bridgehead atoms. The largest absolute Gasteiger partial charge is 0.497 e. The Labute approximate surface area is 180 Å². The van der Waals surface area contributed by atoms with Crippen LogP contribution in [0.3, 0.4) is 0 Å². The number of hydrogen-bond donors (Lipinski definition) is 2. The molecule has 0 spiro atoms. The highest BCUT2D eigenvalue weighted by Crippen LogP contribution is 2.23. The fourth-order valence-electron chi connectivity index (χ4n) is 3.10. The summed E-state index contributed by atoms with van der Waals surface area (Å²) in [5, 5.41) is 6.01. The number of carbonyl (C=O) groups is 2. The van der Waals surface area contributed by atoms with Gasteiger partial charge in [-0.1, -0.05) is 31.2 Å². The van der Waals surface area contributed by atoms with Crippen molar-refractivity contribution in [2.75, 3.05) is 7.11 Å². The van der Waals surface area contributed by atoms with Gasteiger partial charge >= 0.3 is 0 Å². The van der Waals surface area contributed by atoms with Gasteiger partial charge in [0.1, 0.15) is 10.8 Å². The molecule has 0 aliphatic heterocycles. The first-order valence-electron chi connectivity index (χ1n) is 9.73. The predicted octanol–water partition coefficient (Wildman–Crippen LogP) is 3.46. The van der Waals surface area contributed by atoms with Crippen LogP contribution in [0.15, 0.2) is 53.9 Å². The van der Waals surface area contributed by atoms with Gasteiger partial charge in [-0.2, -0.15) is 0 Å². The number of methoxy groups -OCH3 is 1. The molecule has 7 heteroatoms. The van der Waals surface area contributed by atoms with Crippen LogP contribution in [0.5, 0.6) is 5.75 Å². The third-order valence-corrected chi connectivity index (χ3v) is 5.75. The van der Waals surface area contributed by atoms with E-state index in [-0.39, 0.29) is 18.4 Å². The third-order valence-electron chi connectivity index (χ3n) is 4.74. The van der Waals surface area contributed by atoms with Crippen molar-refractivity contribution in [3.63, 3.8) is 0 Å². The molecule has 0 saturated carbocycles. The van der Waals surface area contributed by atoms with E-state index in [4.69, 9.17) is 10.5 Å². The molecule has 3 N–H and O–H groups in total. The molecule has 6 nitrogen and oxygen atoms in total. The SMILES string of the molecule is CCc1csc(C(Cc2ccc(C(N)=O)cc2)NC(=O)Cc2cccc(OC)c2)n1. The second-order valence-corrected chi connectivity index (χ2v) is 7.83. The van der Waals surface area contributed by atoms with Crippen molar-refractivity contribution in [3.05, 3.63) is 81.3 Å². The van der Waals surface area contributed by atoms with Crippen molar-refractivity contribution in [2.45, 2.75) is 32.2 Å². The Hall–Kier alpha value is -3.19. The number of benzene rings is 2. The smallest absolute Gasteiger partial charge is 0.248 e. The number of rotatable bonds is 9. The molecule has 0 fully saturated rings. The van der Waals surface area contributed by atoms with Crippen molar-refractivity contribution in [1.82, 2.24) is 10.3 Å². The fourth-order valence-corrected chi connectivity index (χ4v) is 4.05. The summed E-state index contributed by atoms with van der Waals surface area (Å²) in [6, 6.07) is 14.3. The van der Waals surface area contributed by atoms with E-state index in [1.165, 1.54) is 0 Å². The number of hydrogen-bond acceptors (Lipinski definition) is 5. The lowest BCUT2D eigenvalue weighted by Gasteiger charge is -2.17.